The van der Waals surface area contributed by atoms with Gasteiger partial charge in [0, 0.05) is 19.3 Å². The molecule has 1 aliphatic rings. The lowest BCUT2D eigenvalue weighted by Gasteiger charge is -2.35. The molecule has 1 rings (SSSR count). The number of hydrogen-bond donors (Lipinski definition) is 2. The molecule has 1 fully saturated rings. The van der Waals surface area contributed by atoms with E-state index in [1.807, 2.05) is 7.05 Å². The van der Waals surface area contributed by atoms with Crippen molar-refractivity contribution in [1.29, 1.82) is 0 Å². The molecule has 0 aromatic heterocycles. The molecule has 2 N–H and O–H groups in total. The molecule has 1 heterocycles. The lowest BCUT2D eigenvalue weighted by molar-refractivity contribution is 0.0454. The second-order valence-electron chi connectivity index (χ2n) is 4.49. The summed E-state index contributed by atoms with van der Waals surface area (Å²) in [6, 6.07) is 0.645. The lowest BCUT2D eigenvalue weighted by atomic mass is 9.82. The molecule has 2 atom stereocenters. The van der Waals surface area contributed by atoms with Crippen LogP contribution in [0.1, 0.15) is 26.2 Å². The Bertz CT molecular complexity index is 153. The van der Waals surface area contributed by atoms with Gasteiger partial charge in [0.05, 0.1) is 0 Å². The van der Waals surface area contributed by atoms with Gasteiger partial charge in [0.1, 0.15) is 0 Å². The third-order valence-electron chi connectivity index (χ3n) is 3.61. The van der Waals surface area contributed by atoms with Crippen LogP contribution < -0.4 is 10.6 Å². The predicted octanol–water partition coefficient (Wildman–Crippen LogP) is 1.25. The zero-order valence-electron chi connectivity index (χ0n) is 10.4. The van der Waals surface area contributed by atoms with E-state index < -0.39 is 0 Å². The molecule has 15 heavy (non-hydrogen) atoms. The maximum absolute atomic E-state index is 5.42. The molecular weight excluding hydrogens is 188 g/mol. The molecule has 2 unspecified atom stereocenters. The van der Waals surface area contributed by atoms with Gasteiger partial charge in [-0.3, -0.25) is 0 Å². The van der Waals surface area contributed by atoms with E-state index in [1.165, 1.54) is 19.3 Å². The van der Waals surface area contributed by atoms with Crippen molar-refractivity contribution in [3.63, 3.8) is 0 Å². The summed E-state index contributed by atoms with van der Waals surface area (Å²) in [5.74, 6) is 1.53. The number of hydrogen-bond acceptors (Lipinski definition) is 3. The third-order valence-corrected chi connectivity index (χ3v) is 3.61. The largest absolute Gasteiger partial charge is 0.381 e. The molecule has 1 saturated heterocycles. The average Bonchev–Trinajstić information content (AvgIpc) is 2.30. The quantitative estimate of drug-likeness (QED) is 0.698. The topological polar surface area (TPSA) is 33.3 Å². The summed E-state index contributed by atoms with van der Waals surface area (Å²) in [6.45, 7) is 5.28. The highest BCUT2D eigenvalue weighted by Gasteiger charge is 2.28. The van der Waals surface area contributed by atoms with Gasteiger partial charge in [-0.1, -0.05) is 13.3 Å². The van der Waals surface area contributed by atoms with E-state index in [0.717, 1.165) is 31.6 Å². The van der Waals surface area contributed by atoms with Crippen LogP contribution in [-0.2, 0) is 4.74 Å². The Morgan fingerprint density at radius 2 is 1.93 bits per heavy atom. The van der Waals surface area contributed by atoms with E-state index >= 15 is 0 Å². The van der Waals surface area contributed by atoms with Gasteiger partial charge in [0.15, 0.2) is 0 Å². The van der Waals surface area contributed by atoms with Gasteiger partial charge in [-0.15, -0.1) is 0 Å². The van der Waals surface area contributed by atoms with Gasteiger partial charge in [0.2, 0.25) is 0 Å². The van der Waals surface area contributed by atoms with Gasteiger partial charge in [-0.05, 0) is 45.3 Å². The summed E-state index contributed by atoms with van der Waals surface area (Å²) in [7, 11) is 4.14. The molecule has 1 aliphatic heterocycles. The van der Waals surface area contributed by atoms with Crippen molar-refractivity contribution in [3.05, 3.63) is 0 Å². The van der Waals surface area contributed by atoms with Crippen LogP contribution in [0, 0.1) is 11.8 Å². The Morgan fingerprint density at radius 1 is 1.27 bits per heavy atom. The summed E-state index contributed by atoms with van der Waals surface area (Å²) < 4.78 is 5.42. The molecule has 0 radical (unpaired) electrons. The molecule has 0 amide bonds. The number of ether oxygens (including phenoxy) is 1. The molecule has 0 saturated carbocycles. The van der Waals surface area contributed by atoms with E-state index in [-0.39, 0.29) is 0 Å². The number of rotatable bonds is 6. The fourth-order valence-corrected chi connectivity index (χ4v) is 2.72. The molecule has 3 nitrogen and oxygen atoms in total. The standard InChI is InChI=1S/C12H26N2O/c1-4-10(9-13-2)12(14-3)11-5-7-15-8-6-11/h10-14H,4-9H2,1-3H3. The molecule has 90 valence electrons. The summed E-state index contributed by atoms with van der Waals surface area (Å²) in [5, 5.41) is 6.81. The molecule has 0 spiro atoms. The highest BCUT2D eigenvalue weighted by atomic mass is 16.5. The van der Waals surface area contributed by atoms with Crippen molar-refractivity contribution in [3.8, 4) is 0 Å². The van der Waals surface area contributed by atoms with E-state index in [0.29, 0.717) is 6.04 Å². The average molecular weight is 214 g/mol. The minimum absolute atomic E-state index is 0.645. The molecule has 0 bridgehead atoms. The molecule has 3 heteroatoms. The maximum atomic E-state index is 5.42. The second-order valence-corrected chi connectivity index (χ2v) is 4.49. The first-order chi connectivity index (χ1) is 7.33. The van der Waals surface area contributed by atoms with Crippen molar-refractivity contribution in [2.24, 2.45) is 11.8 Å². The Hall–Kier alpha value is -0.120. The molecule has 0 aromatic rings. The SMILES string of the molecule is CCC(CNC)C(NC)C1CCOCC1. The fraction of sp³-hybridized carbons (Fsp3) is 1.00. The van der Waals surface area contributed by atoms with Crippen LogP contribution in [-0.4, -0.2) is 39.9 Å². The Labute approximate surface area is 94.0 Å². The summed E-state index contributed by atoms with van der Waals surface area (Å²) in [4.78, 5) is 0. The van der Waals surface area contributed by atoms with Crippen LogP contribution in [0.25, 0.3) is 0 Å². The van der Waals surface area contributed by atoms with Crippen LogP contribution in [0.5, 0.6) is 0 Å². The minimum Gasteiger partial charge on any atom is -0.381 e. The monoisotopic (exact) mass is 214 g/mol. The van der Waals surface area contributed by atoms with Crippen LogP contribution >= 0.6 is 0 Å². The Kier molecular flexibility index (Phi) is 6.22. The van der Waals surface area contributed by atoms with Crippen molar-refractivity contribution >= 4 is 0 Å². The zero-order valence-corrected chi connectivity index (χ0v) is 10.4. The first kappa shape index (κ1) is 12.9. The normalized spacial score (nSPS) is 22.6. The van der Waals surface area contributed by atoms with Crippen LogP contribution in [0.2, 0.25) is 0 Å². The van der Waals surface area contributed by atoms with Gasteiger partial charge in [-0.2, -0.15) is 0 Å². The van der Waals surface area contributed by atoms with Gasteiger partial charge in [-0.25, -0.2) is 0 Å². The first-order valence-electron chi connectivity index (χ1n) is 6.23. The summed E-state index contributed by atoms with van der Waals surface area (Å²) in [5.41, 5.74) is 0. The first-order valence-corrected chi connectivity index (χ1v) is 6.23. The van der Waals surface area contributed by atoms with E-state index in [9.17, 15) is 0 Å². The zero-order chi connectivity index (χ0) is 11.1. The summed E-state index contributed by atoms with van der Waals surface area (Å²) >= 11 is 0. The smallest absolute Gasteiger partial charge is 0.0469 e. The fourth-order valence-electron chi connectivity index (χ4n) is 2.72. The van der Waals surface area contributed by atoms with E-state index in [4.69, 9.17) is 4.74 Å². The maximum Gasteiger partial charge on any atom is 0.0469 e. The van der Waals surface area contributed by atoms with Gasteiger partial charge in [0.25, 0.3) is 0 Å². The van der Waals surface area contributed by atoms with E-state index in [1.54, 1.807) is 0 Å². The van der Waals surface area contributed by atoms with E-state index in [2.05, 4.69) is 24.6 Å². The van der Waals surface area contributed by atoms with Crippen molar-refractivity contribution in [2.75, 3.05) is 33.9 Å². The Morgan fingerprint density at radius 3 is 2.40 bits per heavy atom. The second kappa shape index (κ2) is 7.20. The summed E-state index contributed by atoms with van der Waals surface area (Å²) in [6.07, 6.45) is 3.67. The van der Waals surface area contributed by atoms with Crippen molar-refractivity contribution in [1.82, 2.24) is 10.6 Å². The molecule has 0 aromatic carbocycles. The highest BCUT2D eigenvalue weighted by Crippen LogP contribution is 2.24. The van der Waals surface area contributed by atoms with Crippen LogP contribution in [0.15, 0.2) is 0 Å². The lowest BCUT2D eigenvalue weighted by Crippen LogP contribution is -2.45. The third kappa shape index (κ3) is 3.74. The molecule has 0 aliphatic carbocycles. The van der Waals surface area contributed by atoms with Crippen LogP contribution in [0.4, 0.5) is 0 Å². The Balaban J connectivity index is 2.50. The minimum atomic E-state index is 0.645. The van der Waals surface area contributed by atoms with Crippen LogP contribution in [0.3, 0.4) is 0 Å². The van der Waals surface area contributed by atoms with Crippen molar-refractivity contribution in [2.45, 2.75) is 32.2 Å². The van der Waals surface area contributed by atoms with Crippen molar-refractivity contribution < 1.29 is 4.74 Å². The molecular formula is C12H26N2O. The number of nitrogens with one attached hydrogen (secondary N) is 2. The van der Waals surface area contributed by atoms with Gasteiger partial charge < -0.3 is 15.4 Å². The van der Waals surface area contributed by atoms with Gasteiger partial charge >= 0.3 is 0 Å². The predicted molar refractivity (Wildman–Crippen MR) is 64.1 cm³/mol. The highest BCUT2D eigenvalue weighted by molar-refractivity contribution is 4.84.